The zero-order valence-electron chi connectivity index (χ0n) is 14.3. The molecular formula is C18H27N3O2. The van der Waals surface area contributed by atoms with Crippen LogP contribution in [0.5, 0.6) is 0 Å². The molecule has 0 radical (unpaired) electrons. The molecule has 1 aromatic carbocycles. The number of carbonyl (C=O) groups excluding carboxylic acids is 2. The van der Waals surface area contributed by atoms with Crippen molar-refractivity contribution < 1.29 is 9.59 Å². The van der Waals surface area contributed by atoms with Crippen molar-refractivity contribution in [2.45, 2.75) is 45.1 Å². The summed E-state index contributed by atoms with van der Waals surface area (Å²) in [5, 5.41) is 5.69. The molecule has 2 N–H and O–H groups in total. The number of amides is 3. The Labute approximate surface area is 138 Å². The van der Waals surface area contributed by atoms with Gasteiger partial charge in [0.15, 0.2) is 0 Å². The lowest BCUT2D eigenvalue weighted by atomic mass is 9.89. The number of nitrogens with zero attached hydrogens (tertiary/aromatic N) is 1. The summed E-state index contributed by atoms with van der Waals surface area (Å²) in [5.41, 5.74) is 1.83. The van der Waals surface area contributed by atoms with Crippen LogP contribution in [0.2, 0.25) is 0 Å². The molecule has 5 heteroatoms. The quantitative estimate of drug-likeness (QED) is 0.897. The van der Waals surface area contributed by atoms with Crippen LogP contribution in [0.25, 0.3) is 0 Å². The van der Waals surface area contributed by atoms with Gasteiger partial charge < -0.3 is 15.5 Å². The van der Waals surface area contributed by atoms with Gasteiger partial charge in [-0.2, -0.15) is 0 Å². The summed E-state index contributed by atoms with van der Waals surface area (Å²) in [6.45, 7) is 5.56. The van der Waals surface area contributed by atoms with Crippen molar-refractivity contribution >= 4 is 11.9 Å². The Kier molecular flexibility index (Phi) is 6.02. The monoisotopic (exact) mass is 317 g/mol. The maximum atomic E-state index is 12.3. The van der Waals surface area contributed by atoms with Gasteiger partial charge in [-0.15, -0.1) is 0 Å². The van der Waals surface area contributed by atoms with Crippen molar-refractivity contribution in [2.24, 2.45) is 0 Å². The van der Waals surface area contributed by atoms with Crippen LogP contribution in [0.15, 0.2) is 24.3 Å². The first kappa shape index (κ1) is 17.3. The van der Waals surface area contributed by atoms with Gasteiger partial charge in [0.05, 0.1) is 0 Å². The summed E-state index contributed by atoms with van der Waals surface area (Å²) in [7, 11) is 1.66. The lowest BCUT2D eigenvalue weighted by Gasteiger charge is -2.32. The summed E-state index contributed by atoms with van der Waals surface area (Å²) < 4.78 is 0. The molecule has 0 aliphatic carbocycles. The molecule has 3 amide bonds. The van der Waals surface area contributed by atoms with Crippen molar-refractivity contribution in [3.05, 3.63) is 35.4 Å². The van der Waals surface area contributed by atoms with E-state index < -0.39 is 0 Å². The average Bonchev–Trinajstić information content (AvgIpc) is 2.61. The smallest absolute Gasteiger partial charge is 0.317 e. The molecule has 23 heavy (non-hydrogen) atoms. The molecule has 1 saturated heterocycles. The molecule has 2 atom stereocenters. The van der Waals surface area contributed by atoms with Crippen molar-refractivity contribution in [3.63, 3.8) is 0 Å². The SMILES string of the molecule is CC[C@H](C)NC(=O)c1cccc([C@@H]2CCCN(C(=O)NC)C2)c1. The summed E-state index contributed by atoms with van der Waals surface area (Å²) in [4.78, 5) is 26.0. The highest BCUT2D eigenvalue weighted by Crippen LogP contribution is 2.27. The maximum absolute atomic E-state index is 12.3. The number of likely N-dealkylation sites (tertiary alicyclic amines) is 1. The number of carbonyl (C=O) groups is 2. The van der Waals surface area contributed by atoms with Gasteiger partial charge in [0.2, 0.25) is 0 Å². The summed E-state index contributed by atoms with van der Waals surface area (Å²) >= 11 is 0. The van der Waals surface area contributed by atoms with E-state index in [2.05, 4.69) is 23.6 Å². The van der Waals surface area contributed by atoms with E-state index in [0.717, 1.165) is 31.4 Å². The molecular weight excluding hydrogens is 290 g/mol. The van der Waals surface area contributed by atoms with Crippen molar-refractivity contribution in [2.75, 3.05) is 20.1 Å². The molecule has 0 saturated carbocycles. The van der Waals surface area contributed by atoms with Crippen LogP contribution in [0.4, 0.5) is 4.79 Å². The van der Waals surface area contributed by atoms with E-state index in [-0.39, 0.29) is 23.9 Å². The van der Waals surface area contributed by atoms with Crippen LogP contribution in [0.1, 0.15) is 54.9 Å². The molecule has 1 aromatic rings. The van der Waals surface area contributed by atoms with E-state index in [1.54, 1.807) is 7.05 Å². The van der Waals surface area contributed by atoms with Crippen LogP contribution in [0, 0.1) is 0 Å². The van der Waals surface area contributed by atoms with Crippen LogP contribution in [-0.4, -0.2) is 43.0 Å². The fraction of sp³-hybridized carbons (Fsp3) is 0.556. The van der Waals surface area contributed by atoms with Gasteiger partial charge in [0.25, 0.3) is 5.91 Å². The van der Waals surface area contributed by atoms with E-state index >= 15 is 0 Å². The minimum Gasteiger partial charge on any atom is -0.350 e. The van der Waals surface area contributed by atoms with E-state index in [4.69, 9.17) is 0 Å². The minimum atomic E-state index is -0.0276. The number of hydrogen-bond acceptors (Lipinski definition) is 2. The number of hydrogen-bond donors (Lipinski definition) is 2. The number of piperidine rings is 1. The van der Waals surface area contributed by atoms with Gasteiger partial charge >= 0.3 is 6.03 Å². The molecule has 5 nitrogen and oxygen atoms in total. The maximum Gasteiger partial charge on any atom is 0.317 e. The first-order valence-electron chi connectivity index (χ1n) is 8.42. The summed E-state index contributed by atoms with van der Waals surface area (Å²) in [5.74, 6) is 0.262. The van der Waals surface area contributed by atoms with E-state index in [0.29, 0.717) is 12.1 Å². The minimum absolute atomic E-state index is 0.0274. The molecule has 1 aliphatic rings. The fourth-order valence-electron chi connectivity index (χ4n) is 2.93. The highest BCUT2D eigenvalue weighted by molar-refractivity contribution is 5.94. The highest BCUT2D eigenvalue weighted by atomic mass is 16.2. The van der Waals surface area contributed by atoms with Crippen LogP contribution in [-0.2, 0) is 0 Å². The largest absolute Gasteiger partial charge is 0.350 e. The van der Waals surface area contributed by atoms with Gasteiger partial charge in [-0.1, -0.05) is 19.1 Å². The van der Waals surface area contributed by atoms with Crippen LogP contribution in [0.3, 0.4) is 0 Å². The Balaban J connectivity index is 2.09. The molecule has 0 aromatic heterocycles. The fourth-order valence-corrected chi connectivity index (χ4v) is 2.93. The molecule has 1 heterocycles. The third-order valence-corrected chi connectivity index (χ3v) is 4.53. The number of urea groups is 1. The Hall–Kier alpha value is -2.04. The summed E-state index contributed by atoms with van der Waals surface area (Å²) in [6.07, 6.45) is 2.94. The zero-order valence-corrected chi connectivity index (χ0v) is 14.3. The predicted molar refractivity (Wildman–Crippen MR) is 91.7 cm³/mol. The first-order valence-corrected chi connectivity index (χ1v) is 8.42. The van der Waals surface area contributed by atoms with Gasteiger partial charge in [-0.25, -0.2) is 4.79 Å². The molecule has 2 rings (SSSR count). The topological polar surface area (TPSA) is 61.4 Å². The second-order valence-corrected chi connectivity index (χ2v) is 6.25. The predicted octanol–water partition coefficient (Wildman–Crippen LogP) is 2.73. The summed E-state index contributed by atoms with van der Waals surface area (Å²) in [6, 6.07) is 7.94. The number of nitrogens with one attached hydrogen (secondary N) is 2. The second-order valence-electron chi connectivity index (χ2n) is 6.25. The molecule has 1 fully saturated rings. The molecule has 1 aliphatic heterocycles. The third-order valence-electron chi connectivity index (χ3n) is 4.53. The van der Waals surface area contributed by atoms with E-state index in [1.807, 2.05) is 30.0 Å². The van der Waals surface area contributed by atoms with Crippen molar-refractivity contribution in [1.29, 1.82) is 0 Å². The molecule has 126 valence electrons. The highest BCUT2D eigenvalue weighted by Gasteiger charge is 2.24. The molecule has 0 bridgehead atoms. The van der Waals surface area contributed by atoms with E-state index in [1.165, 1.54) is 0 Å². The third kappa shape index (κ3) is 4.47. The van der Waals surface area contributed by atoms with Gasteiger partial charge in [0, 0.05) is 37.7 Å². The zero-order chi connectivity index (χ0) is 16.8. The van der Waals surface area contributed by atoms with Crippen LogP contribution < -0.4 is 10.6 Å². The Morgan fingerprint density at radius 1 is 1.39 bits per heavy atom. The van der Waals surface area contributed by atoms with Crippen molar-refractivity contribution in [3.8, 4) is 0 Å². The van der Waals surface area contributed by atoms with Crippen molar-refractivity contribution in [1.82, 2.24) is 15.5 Å². The van der Waals surface area contributed by atoms with Gasteiger partial charge in [-0.3, -0.25) is 4.79 Å². The molecule has 0 unspecified atom stereocenters. The number of benzene rings is 1. The number of rotatable bonds is 4. The first-order chi connectivity index (χ1) is 11.0. The normalized spacial score (nSPS) is 19.1. The Bertz CT molecular complexity index is 559. The Morgan fingerprint density at radius 2 is 2.17 bits per heavy atom. The second kappa shape index (κ2) is 7.99. The average molecular weight is 317 g/mol. The van der Waals surface area contributed by atoms with Crippen LogP contribution >= 0.6 is 0 Å². The lowest BCUT2D eigenvalue weighted by molar-refractivity contribution is 0.0939. The molecule has 0 spiro atoms. The Morgan fingerprint density at radius 3 is 2.87 bits per heavy atom. The van der Waals surface area contributed by atoms with Gasteiger partial charge in [-0.05, 0) is 43.9 Å². The standard InChI is InChI=1S/C18H27N3O2/c1-4-13(2)20-17(22)15-8-5-7-14(11-15)16-9-6-10-21(12-16)18(23)19-3/h5,7-8,11,13,16H,4,6,9-10,12H2,1-3H3,(H,19,23)(H,20,22)/t13-,16+/m0/s1. The van der Waals surface area contributed by atoms with Gasteiger partial charge in [0.1, 0.15) is 0 Å². The lowest BCUT2D eigenvalue weighted by Crippen LogP contribution is -2.43. The van der Waals surface area contributed by atoms with E-state index in [9.17, 15) is 9.59 Å².